The summed E-state index contributed by atoms with van der Waals surface area (Å²) >= 11 is 0. The highest BCUT2D eigenvalue weighted by molar-refractivity contribution is 4.44. The summed E-state index contributed by atoms with van der Waals surface area (Å²) in [5, 5.41) is 6.33. The Hall–Kier alpha value is -0.0800. The van der Waals surface area contributed by atoms with Crippen LogP contribution in [-0.2, 0) is 0 Å². The molecule has 0 aliphatic rings. The predicted octanol–water partition coefficient (Wildman–Crippen LogP) is 0.205. The normalized spacial score (nSPS) is 9.75. The summed E-state index contributed by atoms with van der Waals surface area (Å²) in [6.07, 6.45) is 1.23. The molecule has 0 spiro atoms. The minimum Gasteiger partial charge on any atom is -0.320 e. The molecule has 0 aromatic heterocycles. The maximum Gasteiger partial charge on any atom is -0.00369 e. The first-order valence-electron chi connectivity index (χ1n) is 3.27. The van der Waals surface area contributed by atoms with Gasteiger partial charge in [-0.05, 0) is 33.1 Å². The maximum absolute atomic E-state index is 3.24. The average molecular weight is 116 g/mol. The van der Waals surface area contributed by atoms with Gasteiger partial charge in [-0.3, -0.25) is 0 Å². The van der Waals surface area contributed by atoms with Crippen molar-refractivity contribution in [2.75, 3.05) is 26.7 Å². The smallest absolute Gasteiger partial charge is 0.00369 e. The number of rotatable bonds is 5. The van der Waals surface area contributed by atoms with Gasteiger partial charge in [0.1, 0.15) is 0 Å². The summed E-state index contributed by atoms with van der Waals surface area (Å²) in [6, 6.07) is 0. The molecule has 8 heavy (non-hydrogen) atoms. The Morgan fingerprint density at radius 2 is 2.00 bits per heavy atom. The van der Waals surface area contributed by atoms with Gasteiger partial charge in [-0.2, -0.15) is 0 Å². The number of nitrogens with one attached hydrogen (secondary N) is 2. The Bertz CT molecular complexity index is 31.5. The van der Waals surface area contributed by atoms with Crippen LogP contribution in [0.4, 0.5) is 0 Å². The van der Waals surface area contributed by atoms with Crippen molar-refractivity contribution >= 4 is 0 Å². The maximum atomic E-state index is 3.24. The van der Waals surface area contributed by atoms with E-state index in [-0.39, 0.29) is 0 Å². The van der Waals surface area contributed by atoms with E-state index in [9.17, 15) is 0 Å². The SMILES string of the molecule is CCNCCCNC. The van der Waals surface area contributed by atoms with Crippen LogP contribution in [-0.4, -0.2) is 26.7 Å². The first-order chi connectivity index (χ1) is 3.91. The molecule has 0 aliphatic heterocycles. The predicted molar refractivity (Wildman–Crippen MR) is 37.1 cm³/mol. The van der Waals surface area contributed by atoms with Crippen LogP contribution in [0.15, 0.2) is 0 Å². The van der Waals surface area contributed by atoms with Gasteiger partial charge >= 0.3 is 0 Å². The van der Waals surface area contributed by atoms with E-state index in [0.29, 0.717) is 0 Å². The van der Waals surface area contributed by atoms with E-state index in [1.807, 2.05) is 7.05 Å². The molecule has 0 rings (SSSR count). The molecule has 0 bridgehead atoms. The third kappa shape index (κ3) is 5.92. The van der Waals surface area contributed by atoms with Gasteiger partial charge in [0.25, 0.3) is 0 Å². The zero-order valence-corrected chi connectivity index (χ0v) is 5.83. The van der Waals surface area contributed by atoms with Crippen LogP contribution in [0.5, 0.6) is 0 Å². The van der Waals surface area contributed by atoms with E-state index in [1.165, 1.54) is 6.42 Å². The van der Waals surface area contributed by atoms with Gasteiger partial charge in [-0.15, -0.1) is 0 Å². The lowest BCUT2D eigenvalue weighted by Gasteiger charge is -1.98. The lowest BCUT2D eigenvalue weighted by Crippen LogP contribution is -2.18. The quantitative estimate of drug-likeness (QED) is 0.502. The lowest BCUT2D eigenvalue weighted by atomic mass is 10.4. The van der Waals surface area contributed by atoms with Crippen molar-refractivity contribution in [3.63, 3.8) is 0 Å². The zero-order chi connectivity index (χ0) is 6.24. The Balaban J connectivity index is 2.53. The molecule has 0 atom stereocenters. The van der Waals surface area contributed by atoms with Gasteiger partial charge < -0.3 is 10.6 Å². The van der Waals surface area contributed by atoms with Crippen LogP contribution in [0, 0.1) is 0 Å². The topological polar surface area (TPSA) is 24.1 Å². The molecule has 0 aromatic carbocycles. The van der Waals surface area contributed by atoms with Crippen molar-refractivity contribution in [3.8, 4) is 0 Å². The zero-order valence-electron chi connectivity index (χ0n) is 5.83. The van der Waals surface area contributed by atoms with Gasteiger partial charge in [-0.1, -0.05) is 6.92 Å². The molecule has 0 aliphatic carbocycles. The summed E-state index contributed by atoms with van der Waals surface area (Å²) in [4.78, 5) is 0. The first-order valence-corrected chi connectivity index (χ1v) is 3.27. The Kier molecular flexibility index (Phi) is 6.85. The van der Waals surface area contributed by atoms with Gasteiger partial charge in [0.15, 0.2) is 0 Å². The van der Waals surface area contributed by atoms with Crippen LogP contribution in [0.2, 0.25) is 0 Å². The minimum atomic E-state index is 1.09. The third-order valence-corrected chi connectivity index (χ3v) is 1.03. The van der Waals surface area contributed by atoms with Crippen molar-refractivity contribution in [2.24, 2.45) is 0 Å². The minimum absolute atomic E-state index is 1.09. The van der Waals surface area contributed by atoms with E-state index in [4.69, 9.17) is 0 Å². The highest BCUT2D eigenvalue weighted by Crippen LogP contribution is 1.69. The van der Waals surface area contributed by atoms with E-state index in [1.54, 1.807) is 0 Å². The second-order valence-corrected chi connectivity index (χ2v) is 1.81. The highest BCUT2D eigenvalue weighted by Gasteiger charge is 1.80. The van der Waals surface area contributed by atoms with E-state index in [2.05, 4.69) is 17.6 Å². The molecule has 2 N–H and O–H groups in total. The summed E-state index contributed by atoms with van der Waals surface area (Å²) in [5.74, 6) is 0. The van der Waals surface area contributed by atoms with Crippen molar-refractivity contribution in [3.05, 3.63) is 0 Å². The first kappa shape index (κ1) is 7.92. The molecule has 2 heteroatoms. The fourth-order valence-electron chi connectivity index (χ4n) is 0.567. The molecule has 0 saturated carbocycles. The third-order valence-electron chi connectivity index (χ3n) is 1.03. The van der Waals surface area contributed by atoms with E-state index in [0.717, 1.165) is 19.6 Å². The molecule has 2 nitrogen and oxygen atoms in total. The molecule has 0 aromatic rings. The van der Waals surface area contributed by atoms with Gasteiger partial charge in [-0.25, -0.2) is 0 Å². The summed E-state index contributed by atoms with van der Waals surface area (Å²) in [7, 11) is 1.98. The Morgan fingerprint density at radius 1 is 1.25 bits per heavy atom. The van der Waals surface area contributed by atoms with Crippen molar-refractivity contribution in [2.45, 2.75) is 13.3 Å². The molecule has 0 saturated heterocycles. The van der Waals surface area contributed by atoms with Crippen LogP contribution in [0.1, 0.15) is 13.3 Å². The molecular weight excluding hydrogens is 100 g/mol. The van der Waals surface area contributed by atoms with Crippen molar-refractivity contribution in [1.82, 2.24) is 10.6 Å². The molecule has 50 valence electrons. The molecule has 0 fully saturated rings. The molecular formula is C6H16N2. The van der Waals surface area contributed by atoms with Crippen molar-refractivity contribution < 1.29 is 0 Å². The molecule has 0 amide bonds. The second-order valence-electron chi connectivity index (χ2n) is 1.81. The van der Waals surface area contributed by atoms with Crippen LogP contribution in [0.25, 0.3) is 0 Å². The molecule has 0 heterocycles. The lowest BCUT2D eigenvalue weighted by molar-refractivity contribution is 0.642. The number of hydrogen-bond donors (Lipinski definition) is 2. The van der Waals surface area contributed by atoms with E-state index >= 15 is 0 Å². The number of hydrogen-bond acceptors (Lipinski definition) is 2. The van der Waals surface area contributed by atoms with Crippen LogP contribution < -0.4 is 10.6 Å². The largest absolute Gasteiger partial charge is 0.320 e. The summed E-state index contributed by atoms with van der Waals surface area (Å²) in [5.41, 5.74) is 0. The van der Waals surface area contributed by atoms with Gasteiger partial charge in [0, 0.05) is 0 Å². The van der Waals surface area contributed by atoms with Crippen molar-refractivity contribution in [1.29, 1.82) is 0 Å². The summed E-state index contributed by atoms with van der Waals surface area (Å²) in [6.45, 7) is 5.47. The fourth-order valence-corrected chi connectivity index (χ4v) is 0.567. The standard InChI is InChI=1S/C6H16N2/c1-3-8-6-4-5-7-2/h7-8H,3-6H2,1-2H3. The second kappa shape index (κ2) is 6.92. The van der Waals surface area contributed by atoms with Crippen LogP contribution in [0.3, 0.4) is 0 Å². The highest BCUT2D eigenvalue weighted by atomic mass is 14.9. The molecule has 0 unspecified atom stereocenters. The van der Waals surface area contributed by atoms with Gasteiger partial charge in [0.2, 0.25) is 0 Å². The fraction of sp³-hybridized carbons (Fsp3) is 1.00. The Morgan fingerprint density at radius 3 is 2.50 bits per heavy atom. The van der Waals surface area contributed by atoms with Gasteiger partial charge in [0.05, 0.1) is 0 Å². The van der Waals surface area contributed by atoms with E-state index < -0.39 is 0 Å². The molecule has 0 radical (unpaired) electrons. The van der Waals surface area contributed by atoms with Crippen LogP contribution >= 0.6 is 0 Å². The average Bonchev–Trinajstić information content (AvgIpc) is 1.81. The Labute approximate surface area is 51.7 Å². The summed E-state index contributed by atoms with van der Waals surface area (Å²) < 4.78 is 0. The monoisotopic (exact) mass is 116 g/mol.